The van der Waals surface area contributed by atoms with Crippen molar-refractivity contribution in [3.05, 3.63) is 64.1 Å². The molecule has 4 rings (SSSR count). The summed E-state index contributed by atoms with van der Waals surface area (Å²) in [6.07, 6.45) is 1.76. The van der Waals surface area contributed by atoms with E-state index in [9.17, 15) is 19.5 Å². The average molecular weight is 426 g/mol. The van der Waals surface area contributed by atoms with Crippen LogP contribution in [0.4, 0.5) is 0 Å². The number of methoxy groups -OCH3 is 1. The van der Waals surface area contributed by atoms with Crippen molar-refractivity contribution in [2.75, 3.05) is 20.2 Å². The number of benzene rings is 1. The van der Waals surface area contributed by atoms with Gasteiger partial charge in [-0.1, -0.05) is 0 Å². The number of fused-ring (bicyclic) bond motifs is 1. The first-order valence-corrected chi connectivity index (χ1v) is 10.3. The highest BCUT2D eigenvalue weighted by Crippen LogP contribution is 2.38. The molecule has 2 fully saturated rings. The number of aliphatic hydroxyl groups excluding tert-OH is 1. The smallest absolute Gasteiger partial charge is 0.337 e. The number of aryl methyl sites for hydroxylation is 1. The number of amides is 1. The maximum atomic E-state index is 12.9. The van der Waals surface area contributed by atoms with Crippen LogP contribution in [0, 0.1) is 11.8 Å². The molecular weight excluding hydrogens is 400 g/mol. The first-order chi connectivity index (χ1) is 14.9. The van der Waals surface area contributed by atoms with Gasteiger partial charge in [-0.05, 0) is 55.0 Å². The van der Waals surface area contributed by atoms with Crippen molar-refractivity contribution in [3.8, 4) is 5.75 Å². The predicted molar refractivity (Wildman–Crippen MR) is 112 cm³/mol. The van der Waals surface area contributed by atoms with Gasteiger partial charge in [0.05, 0.1) is 24.3 Å². The number of carbonyl (C=O) groups excluding carboxylic acids is 2. The van der Waals surface area contributed by atoms with Crippen molar-refractivity contribution < 1.29 is 24.2 Å². The molecule has 8 nitrogen and oxygen atoms in total. The third-order valence-electron chi connectivity index (χ3n) is 6.27. The lowest BCUT2D eigenvalue weighted by molar-refractivity contribution is -0.0231. The Kier molecular flexibility index (Phi) is 5.82. The zero-order valence-electron chi connectivity index (χ0n) is 17.6. The topological polar surface area (TPSA) is 98.1 Å². The SMILES string of the molecule is COC(=O)c1ccc(O[C@@H]2C[C@@H]3CN(C(=O)c4ccc(=O)n(C)c4)C[C@@H]3C[C@H]2O)cc1. The molecule has 1 aromatic heterocycles. The van der Waals surface area contributed by atoms with Gasteiger partial charge in [-0.3, -0.25) is 9.59 Å². The second-order valence-corrected chi connectivity index (χ2v) is 8.31. The second kappa shape index (κ2) is 8.55. The highest BCUT2D eigenvalue weighted by Gasteiger charge is 2.44. The lowest BCUT2D eigenvalue weighted by Gasteiger charge is -2.35. The molecule has 31 heavy (non-hydrogen) atoms. The van der Waals surface area contributed by atoms with Gasteiger partial charge in [0.2, 0.25) is 5.56 Å². The molecule has 1 aliphatic carbocycles. The van der Waals surface area contributed by atoms with Gasteiger partial charge in [-0.2, -0.15) is 0 Å². The van der Waals surface area contributed by atoms with Crippen LogP contribution in [0.1, 0.15) is 33.6 Å². The number of carbonyl (C=O) groups is 2. The Bertz CT molecular complexity index is 1030. The molecule has 4 atom stereocenters. The number of hydrogen-bond donors (Lipinski definition) is 1. The molecule has 1 amide bonds. The van der Waals surface area contributed by atoms with Gasteiger partial charge in [0.1, 0.15) is 11.9 Å². The molecule has 1 saturated heterocycles. The quantitative estimate of drug-likeness (QED) is 0.744. The van der Waals surface area contributed by atoms with Gasteiger partial charge in [0.25, 0.3) is 5.91 Å². The summed E-state index contributed by atoms with van der Waals surface area (Å²) in [6, 6.07) is 9.59. The van der Waals surface area contributed by atoms with Crippen LogP contribution in [0.5, 0.6) is 5.75 Å². The lowest BCUT2D eigenvalue weighted by Crippen LogP contribution is -2.42. The molecule has 2 heterocycles. The van der Waals surface area contributed by atoms with E-state index in [1.807, 2.05) is 0 Å². The van der Waals surface area contributed by atoms with Crippen LogP contribution in [0.3, 0.4) is 0 Å². The zero-order valence-corrected chi connectivity index (χ0v) is 17.6. The average Bonchev–Trinajstić information content (AvgIpc) is 3.18. The molecule has 1 aromatic carbocycles. The lowest BCUT2D eigenvalue weighted by atomic mass is 9.78. The fraction of sp³-hybridized carbons (Fsp3) is 0.435. The maximum absolute atomic E-state index is 12.9. The molecule has 164 valence electrons. The Balaban J connectivity index is 1.40. The van der Waals surface area contributed by atoms with Gasteiger partial charge in [-0.15, -0.1) is 0 Å². The number of aliphatic hydroxyl groups is 1. The molecule has 2 aromatic rings. The summed E-state index contributed by atoms with van der Waals surface area (Å²) in [5, 5.41) is 10.6. The Morgan fingerprint density at radius 1 is 1.00 bits per heavy atom. The first kappa shape index (κ1) is 21.1. The van der Waals surface area contributed by atoms with E-state index in [2.05, 4.69) is 0 Å². The molecule has 0 bridgehead atoms. The molecule has 1 N–H and O–H groups in total. The minimum atomic E-state index is -0.630. The Hall–Kier alpha value is -3.13. The van der Waals surface area contributed by atoms with Crippen LogP contribution < -0.4 is 10.3 Å². The van der Waals surface area contributed by atoms with Crippen molar-refractivity contribution in [1.82, 2.24) is 9.47 Å². The second-order valence-electron chi connectivity index (χ2n) is 8.31. The van der Waals surface area contributed by atoms with E-state index in [1.165, 1.54) is 17.7 Å². The van der Waals surface area contributed by atoms with E-state index < -0.39 is 12.1 Å². The van der Waals surface area contributed by atoms with Crippen LogP contribution in [0.25, 0.3) is 0 Å². The third-order valence-corrected chi connectivity index (χ3v) is 6.27. The summed E-state index contributed by atoms with van der Waals surface area (Å²) in [5.41, 5.74) is 0.761. The largest absolute Gasteiger partial charge is 0.488 e. The van der Waals surface area contributed by atoms with Gasteiger partial charge in [-0.25, -0.2) is 4.79 Å². The van der Waals surface area contributed by atoms with Crippen LogP contribution in [-0.4, -0.2) is 58.9 Å². The molecule has 8 heteroatoms. The van der Waals surface area contributed by atoms with Crippen molar-refractivity contribution in [1.29, 1.82) is 0 Å². The molecule has 2 aliphatic rings. The molecule has 0 radical (unpaired) electrons. The molecule has 0 spiro atoms. The summed E-state index contributed by atoms with van der Waals surface area (Å²) < 4.78 is 12.1. The Morgan fingerprint density at radius 2 is 1.65 bits per heavy atom. The van der Waals surface area contributed by atoms with E-state index in [0.29, 0.717) is 42.8 Å². The zero-order chi connectivity index (χ0) is 22.1. The fourth-order valence-electron chi connectivity index (χ4n) is 4.55. The standard InChI is InChI=1S/C23H26N2O6/c1-24-11-15(5-8-21(24)27)22(28)25-12-16-9-19(26)20(10-17(16)13-25)31-18-6-3-14(4-7-18)23(29)30-2/h3-8,11,16-17,19-20,26H,9-10,12-13H2,1-2H3/t16-,17+,19+,20+/m0/s1. The third kappa shape index (κ3) is 4.34. The van der Waals surface area contributed by atoms with Crippen molar-refractivity contribution >= 4 is 11.9 Å². The van der Waals surface area contributed by atoms with Crippen molar-refractivity contribution in [3.63, 3.8) is 0 Å². The number of pyridine rings is 1. The number of hydrogen-bond acceptors (Lipinski definition) is 6. The van der Waals surface area contributed by atoms with Crippen LogP contribution in [0.15, 0.2) is 47.4 Å². The summed E-state index contributed by atoms with van der Waals surface area (Å²) in [4.78, 5) is 37.8. The van der Waals surface area contributed by atoms with E-state index in [1.54, 1.807) is 48.5 Å². The van der Waals surface area contributed by atoms with E-state index in [-0.39, 0.29) is 29.4 Å². The minimum Gasteiger partial charge on any atom is -0.488 e. The fourth-order valence-corrected chi connectivity index (χ4v) is 4.55. The molecule has 0 unspecified atom stereocenters. The first-order valence-electron chi connectivity index (χ1n) is 10.3. The van der Waals surface area contributed by atoms with Crippen LogP contribution >= 0.6 is 0 Å². The summed E-state index contributed by atoms with van der Waals surface area (Å²) >= 11 is 0. The van der Waals surface area contributed by atoms with Crippen LogP contribution in [-0.2, 0) is 11.8 Å². The van der Waals surface area contributed by atoms with Crippen molar-refractivity contribution in [2.24, 2.45) is 18.9 Å². The van der Waals surface area contributed by atoms with Gasteiger partial charge >= 0.3 is 5.97 Å². The molecular formula is C23H26N2O6. The normalized spacial score (nSPS) is 25.1. The van der Waals surface area contributed by atoms with Gasteiger partial charge < -0.3 is 24.0 Å². The van der Waals surface area contributed by atoms with Crippen molar-refractivity contribution in [2.45, 2.75) is 25.0 Å². The van der Waals surface area contributed by atoms with Crippen LogP contribution in [0.2, 0.25) is 0 Å². The monoisotopic (exact) mass is 426 g/mol. The van der Waals surface area contributed by atoms with Gasteiger partial charge in [0.15, 0.2) is 0 Å². The number of nitrogens with zero attached hydrogens (tertiary/aromatic N) is 2. The van der Waals surface area contributed by atoms with Gasteiger partial charge in [0, 0.05) is 32.4 Å². The number of likely N-dealkylation sites (tertiary alicyclic amines) is 1. The predicted octanol–water partition coefficient (Wildman–Crippen LogP) is 1.46. The maximum Gasteiger partial charge on any atom is 0.337 e. The summed E-state index contributed by atoms with van der Waals surface area (Å²) in [7, 11) is 2.95. The summed E-state index contributed by atoms with van der Waals surface area (Å²) in [5.74, 6) is 0.509. The summed E-state index contributed by atoms with van der Waals surface area (Å²) in [6.45, 7) is 1.18. The molecule has 1 aliphatic heterocycles. The number of ether oxygens (including phenoxy) is 2. The van der Waals surface area contributed by atoms with E-state index >= 15 is 0 Å². The van der Waals surface area contributed by atoms with E-state index in [0.717, 1.165) is 0 Å². The highest BCUT2D eigenvalue weighted by molar-refractivity contribution is 5.94. The minimum absolute atomic E-state index is 0.102. The number of esters is 1. The highest BCUT2D eigenvalue weighted by atomic mass is 16.5. The Labute approximate surface area is 180 Å². The Morgan fingerprint density at radius 3 is 2.29 bits per heavy atom. The number of rotatable bonds is 4. The number of aromatic nitrogens is 1. The molecule has 1 saturated carbocycles. The van der Waals surface area contributed by atoms with E-state index in [4.69, 9.17) is 9.47 Å².